The Morgan fingerprint density at radius 3 is 2.57 bits per heavy atom. The molecule has 1 aromatic carbocycles. The van der Waals surface area contributed by atoms with E-state index in [0.29, 0.717) is 6.61 Å². The highest BCUT2D eigenvalue weighted by molar-refractivity contribution is 7.86. The van der Waals surface area contributed by atoms with E-state index in [2.05, 4.69) is 0 Å². The summed E-state index contributed by atoms with van der Waals surface area (Å²) in [6.45, 7) is 4.04. The van der Waals surface area contributed by atoms with Gasteiger partial charge >= 0.3 is 0 Å². The second-order valence-electron chi connectivity index (χ2n) is 5.64. The van der Waals surface area contributed by atoms with Crippen molar-refractivity contribution in [2.45, 2.75) is 43.2 Å². The van der Waals surface area contributed by atoms with Gasteiger partial charge in [0.25, 0.3) is 10.1 Å². The van der Waals surface area contributed by atoms with Crippen LogP contribution in [0, 0.1) is 6.92 Å². The number of ether oxygens (including phenoxy) is 4. The molecule has 4 atom stereocenters. The van der Waals surface area contributed by atoms with Crippen molar-refractivity contribution in [2.24, 2.45) is 0 Å². The SMILES string of the molecule is Cc1ccc(S(=O)(=O)O[C@H]2[C@H]3OCOC[C@@H]3OCO[C@@H]2C)cc1. The molecule has 0 bridgehead atoms. The lowest BCUT2D eigenvalue weighted by atomic mass is 10.0. The zero-order valence-corrected chi connectivity index (χ0v) is 13.8. The average molecular weight is 344 g/mol. The Hall–Kier alpha value is -1.03. The van der Waals surface area contributed by atoms with E-state index >= 15 is 0 Å². The van der Waals surface area contributed by atoms with Crippen molar-refractivity contribution in [3.63, 3.8) is 0 Å². The van der Waals surface area contributed by atoms with Crippen LogP contribution in [0.1, 0.15) is 12.5 Å². The number of hydrogen-bond donors (Lipinski definition) is 0. The molecule has 0 spiro atoms. The molecule has 23 heavy (non-hydrogen) atoms. The van der Waals surface area contributed by atoms with E-state index < -0.39 is 34.5 Å². The topological polar surface area (TPSA) is 80.3 Å². The van der Waals surface area contributed by atoms with Crippen LogP contribution < -0.4 is 0 Å². The standard InChI is InChI=1S/C15H20O7S/c1-10-3-5-12(6-4-10)23(16,17)22-14-11(2)19-9-20-13-7-18-8-21-15(13)14/h3-6,11,13-15H,7-9H2,1-2H3/t11-,13+,14-,15+/m1/s1. The van der Waals surface area contributed by atoms with Crippen LogP contribution in [0.4, 0.5) is 0 Å². The first kappa shape index (κ1) is 16.8. The smallest absolute Gasteiger partial charge is 0.297 e. The van der Waals surface area contributed by atoms with Crippen LogP contribution in [0.25, 0.3) is 0 Å². The normalized spacial score (nSPS) is 32.1. The quantitative estimate of drug-likeness (QED) is 0.762. The lowest BCUT2D eigenvalue weighted by molar-refractivity contribution is -0.223. The summed E-state index contributed by atoms with van der Waals surface area (Å²) in [7, 11) is -3.93. The van der Waals surface area contributed by atoms with Gasteiger partial charge in [-0.15, -0.1) is 0 Å². The summed E-state index contributed by atoms with van der Waals surface area (Å²) in [5, 5.41) is 0. The lowest BCUT2D eigenvalue weighted by Gasteiger charge is -2.34. The fourth-order valence-corrected chi connectivity index (χ4v) is 3.72. The number of hydrogen-bond acceptors (Lipinski definition) is 7. The van der Waals surface area contributed by atoms with E-state index in [-0.39, 0.29) is 18.5 Å². The van der Waals surface area contributed by atoms with Gasteiger partial charge in [0, 0.05) is 0 Å². The lowest BCUT2D eigenvalue weighted by Crippen LogP contribution is -2.51. The fourth-order valence-electron chi connectivity index (χ4n) is 2.58. The van der Waals surface area contributed by atoms with Crippen molar-refractivity contribution in [1.82, 2.24) is 0 Å². The Balaban J connectivity index is 1.84. The van der Waals surface area contributed by atoms with Crippen LogP contribution in [-0.2, 0) is 33.2 Å². The Labute approximate surface area is 135 Å². The first-order valence-corrected chi connectivity index (χ1v) is 8.81. The second-order valence-corrected chi connectivity index (χ2v) is 7.21. The molecule has 2 aliphatic rings. The van der Waals surface area contributed by atoms with E-state index in [1.165, 1.54) is 12.1 Å². The van der Waals surface area contributed by atoms with Crippen molar-refractivity contribution >= 4 is 10.1 Å². The molecule has 0 radical (unpaired) electrons. The van der Waals surface area contributed by atoms with Crippen LogP contribution in [0.3, 0.4) is 0 Å². The first-order chi connectivity index (χ1) is 11.0. The number of aryl methyl sites for hydroxylation is 1. The third-order valence-electron chi connectivity index (χ3n) is 3.94. The predicted octanol–water partition coefficient (Wildman–Crippen LogP) is 1.20. The predicted molar refractivity (Wildman–Crippen MR) is 79.2 cm³/mol. The minimum Gasteiger partial charge on any atom is -0.353 e. The summed E-state index contributed by atoms with van der Waals surface area (Å²) in [5.74, 6) is 0. The molecule has 8 heteroatoms. The number of fused-ring (bicyclic) bond motifs is 1. The number of benzene rings is 1. The molecular formula is C15H20O7S. The van der Waals surface area contributed by atoms with Gasteiger partial charge in [0.2, 0.25) is 0 Å². The second kappa shape index (κ2) is 6.84. The minimum atomic E-state index is -3.93. The summed E-state index contributed by atoms with van der Waals surface area (Å²) in [4.78, 5) is 0.101. The summed E-state index contributed by atoms with van der Waals surface area (Å²) in [5.41, 5.74) is 0.969. The van der Waals surface area contributed by atoms with E-state index in [4.69, 9.17) is 23.1 Å². The van der Waals surface area contributed by atoms with Crippen molar-refractivity contribution in [1.29, 1.82) is 0 Å². The molecule has 2 heterocycles. The maximum atomic E-state index is 12.5. The molecule has 2 fully saturated rings. The molecule has 0 amide bonds. The molecule has 0 aliphatic carbocycles. The Morgan fingerprint density at radius 2 is 1.83 bits per heavy atom. The van der Waals surface area contributed by atoms with Gasteiger partial charge in [-0.1, -0.05) is 17.7 Å². The number of rotatable bonds is 3. The van der Waals surface area contributed by atoms with Gasteiger partial charge in [-0.2, -0.15) is 8.42 Å². The van der Waals surface area contributed by atoms with Gasteiger partial charge < -0.3 is 18.9 Å². The summed E-state index contributed by atoms with van der Waals surface area (Å²) >= 11 is 0. The van der Waals surface area contributed by atoms with Crippen LogP contribution in [0.5, 0.6) is 0 Å². The molecule has 1 aromatic rings. The molecule has 0 aromatic heterocycles. The van der Waals surface area contributed by atoms with Crippen molar-refractivity contribution in [3.8, 4) is 0 Å². The largest absolute Gasteiger partial charge is 0.353 e. The highest BCUT2D eigenvalue weighted by atomic mass is 32.2. The zero-order chi connectivity index (χ0) is 16.4. The monoisotopic (exact) mass is 344 g/mol. The summed E-state index contributed by atoms with van der Waals surface area (Å²) in [6, 6.07) is 6.48. The van der Waals surface area contributed by atoms with Crippen molar-refractivity contribution in [3.05, 3.63) is 29.8 Å². The Morgan fingerprint density at radius 1 is 1.09 bits per heavy atom. The molecule has 7 nitrogen and oxygen atoms in total. The molecule has 2 saturated heterocycles. The van der Waals surface area contributed by atoms with Gasteiger partial charge in [-0.3, -0.25) is 4.18 Å². The van der Waals surface area contributed by atoms with Gasteiger partial charge in [-0.25, -0.2) is 0 Å². The van der Waals surface area contributed by atoms with E-state index in [9.17, 15) is 8.42 Å². The van der Waals surface area contributed by atoms with Gasteiger partial charge in [-0.05, 0) is 26.0 Å². The van der Waals surface area contributed by atoms with Crippen LogP contribution in [-0.4, -0.2) is 53.0 Å². The third kappa shape index (κ3) is 3.73. The van der Waals surface area contributed by atoms with Crippen LogP contribution in [0.2, 0.25) is 0 Å². The van der Waals surface area contributed by atoms with Gasteiger partial charge in [0.1, 0.15) is 31.9 Å². The highest BCUT2D eigenvalue weighted by Gasteiger charge is 2.43. The maximum Gasteiger partial charge on any atom is 0.297 e. The van der Waals surface area contributed by atoms with Crippen molar-refractivity contribution in [2.75, 3.05) is 20.2 Å². The summed E-state index contributed by atoms with van der Waals surface area (Å²) < 4.78 is 52.2. The van der Waals surface area contributed by atoms with Gasteiger partial charge in [0.15, 0.2) is 0 Å². The molecular weight excluding hydrogens is 324 g/mol. The van der Waals surface area contributed by atoms with E-state index in [1.807, 2.05) is 6.92 Å². The molecule has 0 N–H and O–H groups in total. The van der Waals surface area contributed by atoms with E-state index in [0.717, 1.165) is 5.56 Å². The molecule has 2 aliphatic heterocycles. The molecule has 0 saturated carbocycles. The molecule has 128 valence electrons. The fraction of sp³-hybridized carbons (Fsp3) is 0.600. The first-order valence-electron chi connectivity index (χ1n) is 7.40. The van der Waals surface area contributed by atoms with Crippen LogP contribution >= 0.6 is 0 Å². The van der Waals surface area contributed by atoms with Gasteiger partial charge in [0.05, 0.1) is 17.6 Å². The Kier molecular flexibility index (Phi) is 5.00. The molecule has 0 unspecified atom stereocenters. The van der Waals surface area contributed by atoms with E-state index in [1.54, 1.807) is 19.1 Å². The molecule has 3 rings (SSSR count). The van der Waals surface area contributed by atoms with Crippen LogP contribution in [0.15, 0.2) is 29.2 Å². The third-order valence-corrected chi connectivity index (χ3v) is 5.26. The summed E-state index contributed by atoms with van der Waals surface area (Å²) in [6.07, 6.45) is -2.30. The highest BCUT2D eigenvalue weighted by Crippen LogP contribution is 2.27. The Bertz CT molecular complexity index is 628. The minimum absolute atomic E-state index is 0.0412. The van der Waals surface area contributed by atoms with Crippen molar-refractivity contribution < 1.29 is 31.5 Å². The zero-order valence-electron chi connectivity index (χ0n) is 13.0. The average Bonchev–Trinajstić information content (AvgIpc) is 2.68. The maximum absolute atomic E-state index is 12.5.